The first-order chi connectivity index (χ1) is 9.01. The average Bonchev–Trinajstić information content (AvgIpc) is 2.86. The van der Waals surface area contributed by atoms with E-state index in [1.807, 2.05) is 0 Å². The molecule has 0 amide bonds. The predicted molar refractivity (Wildman–Crippen MR) is 75.7 cm³/mol. The van der Waals surface area contributed by atoms with Gasteiger partial charge in [0.05, 0.1) is 0 Å². The fourth-order valence-corrected chi connectivity index (χ4v) is 3.18. The van der Waals surface area contributed by atoms with Crippen molar-refractivity contribution in [3.8, 4) is 5.75 Å². The van der Waals surface area contributed by atoms with Crippen LogP contribution in [0.1, 0.15) is 51.6 Å². The van der Waals surface area contributed by atoms with Gasteiger partial charge in [0.1, 0.15) is 11.6 Å². The van der Waals surface area contributed by atoms with Crippen molar-refractivity contribution in [2.24, 2.45) is 5.41 Å². The van der Waals surface area contributed by atoms with Crippen LogP contribution in [0.5, 0.6) is 5.75 Å². The number of nitrogens with zero attached hydrogens (tertiary/aromatic N) is 1. The van der Waals surface area contributed by atoms with Gasteiger partial charge in [-0.25, -0.2) is 4.39 Å². The van der Waals surface area contributed by atoms with Gasteiger partial charge in [-0.1, -0.05) is 13.8 Å². The van der Waals surface area contributed by atoms with Gasteiger partial charge in [0.25, 0.3) is 0 Å². The maximum atomic E-state index is 13.3. The Bertz CT molecular complexity index is 442. The molecule has 2 nitrogen and oxygen atoms in total. The summed E-state index contributed by atoms with van der Waals surface area (Å²) in [5.74, 6) is -0.0875. The lowest BCUT2D eigenvalue weighted by Crippen LogP contribution is -2.28. The number of likely N-dealkylation sites (tertiary alicyclic amines) is 1. The summed E-state index contributed by atoms with van der Waals surface area (Å²) in [6.07, 6.45) is 3.56. The van der Waals surface area contributed by atoms with Gasteiger partial charge in [-0.15, -0.1) is 0 Å². The standard InChI is InChI=1S/C16H24FNO/c1-4-16(5-2)8-9-18(11-16)12(3)14-10-13(17)6-7-15(14)19/h6-7,10,12,19H,4-5,8-9,11H2,1-3H3. The summed E-state index contributed by atoms with van der Waals surface area (Å²) in [7, 11) is 0. The normalized spacial score (nSPS) is 20.6. The first kappa shape index (κ1) is 14.3. The Kier molecular flexibility index (Phi) is 4.14. The highest BCUT2D eigenvalue weighted by atomic mass is 19.1. The number of hydrogen-bond donors (Lipinski definition) is 1. The van der Waals surface area contributed by atoms with Crippen LogP contribution in [-0.4, -0.2) is 23.1 Å². The zero-order valence-electron chi connectivity index (χ0n) is 12.1. The Morgan fingerprint density at radius 1 is 1.37 bits per heavy atom. The van der Waals surface area contributed by atoms with Crippen LogP contribution in [0.25, 0.3) is 0 Å². The van der Waals surface area contributed by atoms with Crippen molar-refractivity contribution in [2.75, 3.05) is 13.1 Å². The molecule has 1 atom stereocenters. The van der Waals surface area contributed by atoms with Crippen LogP contribution >= 0.6 is 0 Å². The summed E-state index contributed by atoms with van der Waals surface area (Å²) in [5, 5.41) is 9.92. The lowest BCUT2D eigenvalue weighted by molar-refractivity contribution is 0.201. The topological polar surface area (TPSA) is 23.5 Å². The number of hydrogen-bond acceptors (Lipinski definition) is 2. The molecule has 1 aliphatic heterocycles. The minimum atomic E-state index is -0.281. The number of benzene rings is 1. The number of halogens is 1. The van der Waals surface area contributed by atoms with Crippen LogP contribution in [0.4, 0.5) is 4.39 Å². The predicted octanol–water partition coefficient (Wildman–Crippen LogP) is 4.10. The first-order valence-electron chi connectivity index (χ1n) is 7.24. The van der Waals surface area contributed by atoms with E-state index in [9.17, 15) is 9.50 Å². The SMILES string of the molecule is CCC1(CC)CCN(C(C)c2cc(F)ccc2O)C1. The van der Waals surface area contributed by atoms with Crippen molar-refractivity contribution in [3.63, 3.8) is 0 Å². The third-order valence-corrected chi connectivity index (χ3v) is 4.96. The summed E-state index contributed by atoms with van der Waals surface area (Å²) >= 11 is 0. The van der Waals surface area contributed by atoms with Crippen molar-refractivity contribution < 1.29 is 9.50 Å². The Morgan fingerprint density at radius 3 is 2.63 bits per heavy atom. The molecule has 19 heavy (non-hydrogen) atoms. The molecule has 106 valence electrons. The van der Waals surface area contributed by atoms with E-state index in [1.165, 1.54) is 37.5 Å². The van der Waals surface area contributed by atoms with E-state index in [1.54, 1.807) is 0 Å². The molecule has 0 radical (unpaired) electrons. The summed E-state index contributed by atoms with van der Waals surface area (Å²) < 4.78 is 13.3. The lowest BCUT2D eigenvalue weighted by atomic mass is 9.82. The minimum Gasteiger partial charge on any atom is -0.508 e. The smallest absolute Gasteiger partial charge is 0.123 e. The van der Waals surface area contributed by atoms with Crippen LogP contribution < -0.4 is 0 Å². The van der Waals surface area contributed by atoms with Gasteiger partial charge < -0.3 is 5.11 Å². The maximum absolute atomic E-state index is 13.3. The Hall–Kier alpha value is -1.09. The maximum Gasteiger partial charge on any atom is 0.123 e. The zero-order valence-corrected chi connectivity index (χ0v) is 12.1. The van der Waals surface area contributed by atoms with Crippen LogP contribution in [0.15, 0.2) is 18.2 Å². The largest absolute Gasteiger partial charge is 0.508 e. The highest BCUT2D eigenvalue weighted by Gasteiger charge is 2.37. The highest BCUT2D eigenvalue weighted by molar-refractivity contribution is 5.35. The summed E-state index contributed by atoms with van der Waals surface area (Å²) in [4.78, 5) is 2.36. The third kappa shape index (κ3) is 2.76. The van der Waals surface area contributed by atoms with Gasteiger partial charge in [0, 0.05) is 18.2 Å². The van der Waals surface area contributed by atoms with E-state index in [2.05, 4.69) is 25.7 Å². The summed E-state index contributed by atoms with van der Waals surface area (Å²) in [6, 6.07) is 4.27. The minimum absolute atomic E-state index is 0.0654. The molecule has 1 fully saturated rings. The van der Waals surface area contributed by atoms with Crippen LogP contribution in [0.3, 0.4) is 0 Å². The van der Waals surface area contributed by atoms with Gasteiger partial charge in [-0.05, 0) is 56.3 Å². The van der Waals surface area contributed by atoms with Crippen molar-refractivity contribution in [2.45, 2.75) is 46.1 Å². The van der Waals surface area contributed by atoms with E-state index in [4.69, 9.17) is 0 Å². The molecule has 1 unspecified atom stereocenters. The summed E-state index contributed by atoms with van der Waals surface area (Å²) in [6.45, 7) is 8.61. The molecule has 1 aliphatic rings. The Balaban J connectivity index is 2.17. The second-order valence-corrected chi connectivity index (χ2v) is 5.81. The molecule has 1 heterocycles. The molecule has 0 spiro atoms. The van der Waals surface area contributed by atoms with Gasteiger partial charge >= 0.3 is 0 Å². The first-order valence-corrected chi connectivity index (χ1v) is 7.24. The molecular formula is C16H24FNO. The monoisotopic (exact) mass is 265 g/mol. The Morgan fingerprint density at radius 2 is 2.05 bits per heavy atom. The van der Waals surface area contributed by atoms with Gasteiger partial charge in [0.15, 0.2) is 0 Å². The van der Waals surface area contributed by atoms with Crippen LogP contribution in [0.2, 0.25) is 0 Å². The lowest BCUT2D eigenvalue weighted by Gasteiger charge is -2.30. The number of phenols is 1. The van der Waals surface area contributed by atoms with E-state index in [0.717, 1.165) is 13.1 Å². The molecule has 1 aromatic rings. The fraction of sp³-hybridized carbons (Fsp3) is 0.625. The van der Waals surface area contributed by atoms with Crippen molar-refractivity contribution in [3.05, 3.63) is 29.6 Å². The fourth-order valence-electron chi connectivity index (χ4n) is 3.18. The second-order valence-electron chi connectivity index (χ2n) is 5.81. The number of aromatic hydroxyl groups is 1. The third-order valence-electron chi connectivity index (χ3n) is 4.96. The highest BCUT2D eigenvalue weighted by Crippen LogP contribution is 2.41. The second kappa shape index (κ2) is 5.49. The molecule has 1 aromatic carbocycles. The molecule has 0 bridgehead atoms. The van der Waals surface area contributed by atoms with Crippen molar-refractivity contribution >= 4 is 0 Å². The molecular weight excluding hydrogens is 241 g/mol. The van der Waals surface area contributed by atoms with Crippen molar-refractivity contribution in [1.82, 2.24) is 4.90 Å². The van der Waals surface area contributed by atoms with E-state index in [-0.39, 0.29) is 17.6 Å². The Labute approximate surface area is 115 Å². The zero-order chi connectivity index (χ0) is 14.0. The number of phenolic OH excluding ortho intramolecular Hbond substituents is 1. The van der Waals surface area contributed by atoms with Gasteiger partial charge in [0.2, 0.25) is 0 Å². The van der Waals surface area contributed by atoms with Crippen molar-refractivity contribution in [1.29, 1.82) is 0 Å². The molecule has 3 heteroatoms. The molecule has 2 rings (SSSR count). The molecule has 0 aliphatic carbocycles. The van der Waals surface area contributed by atoms with Gasteiger partial charge in [-0.2, -0.15) is 0 Å². The van der Waals surface area contributed by atoms with Crippen LogP contribution in [0, 0.1) is 11.2 Å². The molecule has 0 aromatic heterocycles. The molecule has 1 saturated heterocycles. The van der Waals surface area contributed by atoms with E-state index < -0.39 is 0 Å². The molecule has 1 N–H and O–H groups in total. The van der Waals surface area contributed by atoms with E-state index >= 15 is 0 Å². The molecule has 0 saturated carbocycles. The van der Waals surface area contributed by atoms with Crippen LogP contribution in [-0.2, 0) is 0 Å². The average molecular weight is 265 g/mol. The summed E-state index contributed by atoms with van der Waals surface area (Å²) in [5.41, 5.74) is 1.10. The number of rotatable bonds is 4. The quantitative estimate of drug-likeness (QED) is 0.885. The van der Waals surface area contributed by atoms with Gasteiger partial charge in [-0.3, -0.25) is 4.90 Å². The van der Waals surface area contributed by atoms with E-state index in [0.29, 0.717) is 11.0 Å².